The number of aryl methyl sites for hydroxylation is 1. The number of benzene rings is 2. The van der Waals surface area contributed by atoms with Crippen molar-refractivity contribution in [3.63, 3.8) is 0 Å². The van der Waals surface area contributed by atoms with E-state index in [1.807, 2.05) is 48.0 Å². The van der Waals surface area contributed by atoms with Crippen LogP contribution in [0.2, 0.25) is 0 Å². The van der Waals surface area contributed by atoms with Crippen molar-refractivity contribution in [1.82, 2.24) is 14.7 Å². The van der Waals surface area contributed by atoms with E-state index in [-0.39, 0.29) is 6.54 Å². The van der Waals surface area contributed by atoms with E-state index >= 15 is 0 Å². The van der Waals surface area contributed by atoms with E-state index in [9.17, 15) is 14.7 Å². The van der Waals surface area contributed by atoms with E-state index in [2.05, 4.69) is 15.6 Å². The number of carbonyl (C=O) groups excluding carboxylic acids is 2. The average molecular weight is 475 g/mol. The predicted molar refractivity (Wildman–Crippen MR) is 132 cm³/mol. The second kappa shape index (κ2) is 10.3. The standard InChI is InChI=1S/C26H26N4O5/c1-16-5-4-10-30-15-22(29-24(16)30)17-6-8-19(9-7-17)28-26(33)25(32)27-14-23(31)18-11-20(34-2)13-21(12-18)35-3/h4-13,15,23,31H,14H2,1-3H3,(H,27,32)(H,28,33). The van der Waals surface area contributed by atoms with Crippen LogP contribution in [0.15, 0.2) is 67.0 Å². The zero-order valence-electron chi connectivity index (χ0n) is 19.6. The van der Waals surface area contributed by atoms with Crippen LogP contribution in [0.3, 0.4) is 0 Å². The van der Waals surface area contributed by atoms with Crippen molar-refractivity contribution in [3.05, 3.63) is 78.1 Å². The number of methoxy groups -OCH3 is 2. The van der Waals surface area contributed by atoms with Crippen LogP contribution < -0.4 is 20.1 Å². The number of carbonyl (C=O) groups is 2. The van der Waals surface area contributed by atoms with Gasteiger partial charge in [-0.2, -0.15) is 0 Å². The van der Waals surface area contributed by atoms with Gasteiger partial charge in [0.05, 0.1) is 26.0 Å². The van der Waals surface area contributed by atoms with E-state index in [0.29, 0.717) is 22.7 Å². The molecule has 4 aromatic rings. The van der Waals surface area contributed by atoms with Crippen LogP contribution >= 0.6 is 0 Å². The highest BCUT2D eigenvalue weighted by Crippen LogP contribution is 2.26. The van der Waals surface area contributed by atoms with Crippen molar-refractivity contribution in [2.24, 2.45) is 0 Å². The summed E-state index contributed by atoms with van der Waals surface area (Å²) in [7, 11) is 3.00. The van der Waals surface area contributed by atoms with Crippen LogP contribution in [0, 0.1) is 6.92 Å². The molecule has 0 saturated carbocycles. The Hall–Kier alpha value is -4.37. The van der Waals surface area contributed by atoms with Crippen LogP contribution in [0.4, 0.5) is 5.69 Å². The number of aromatic nitrogens is 2. The lowest BCUT2D eigenvalue weighted by Crippen LogP contribution is -2.37. The number of anilines is 1. The van der Waals surface area contributed by atoms with E-state index in [4.69, 9.17) is 9.47 Å². The Morgan fingerprint density at radius 2 is 1.71 bits per heavy atom. The predicted octanol–water partition coefficient (Wildman–Crippen LogP) is 3.12. The van der Waals surface area contributed by atoms with Gasteiger partial charge in [-0.15, -0.1) is 0 Å². The smallest absolute Gasteiger partial charge is 0.313 e. The zero-order chi connectivity index (χ0) is 24.9. The molecule has 0 radical (unpaired) electrons. The van der Waals surface area contributed by atoms with Gasteiger partial charge in [0.1, 0.15) is 17.1 Å². The summed E-state index contributed by atoms with van der Waals surface area (Å²) in [5.41, 5.74) is 4.59. The molecule has 2 aromatic heterocycles. The van der Waals surface area contributed by atoms with Gasteiger partial charge in [-0.3, -0.25) is 9.59 Å². The number of hydrogen-bond acceptors (Lipinski definition) is 6. The van der Waals surface area contributed by atoms with Gasteiger partial charge in [-0.1, -0.05) is 18.2 Å². The molecule has 0 aliphatic carbocycles. The fourth-order valence-electron chi connectivity index (χ4n) is 3.61. The van der Waals surface area contributed by atoms with E-state index in [1.165, 1.54) is 14.2 Å². The van der Waals surface area contributed by atoms with Gasteiger partial charge in [0.25, 0.3) is 0 Å². The van der Waals surface area contributed by atoms with E-state index in [1.54, 1.807) is 30.3 Å². The van der Waals surface area contributed by atoms with Crippen molar-refractivity contribution in [2.75, 3.05) is 26.1 Å². The molecular formula is C26H26N4O5. The van der Waals surface area contributed by atoms with Crippen LogP contribution in [0.1, 0.15) is 17.2 Å². The maximum absolute atomic E-state index is 12.3. The third-order valence-electron chi connectivity index (χ3n) is 5.54. The molecule has 0 spiro atoms. The first kappa shape index (κ1) is 23.8. The van der Waals surface area contributed by atoms with E-state index in [0.717, 1.165) is 22.5 Å². The Bertz CT molecular complexity index is 1340. The zero-order valence-corrected chi connectivity index (χ0v) is 19.6. The number of ether oxygens (including phenoxy) is 2. The molecule has 180 valence electrons. The normalized spacial score (nSPS) is 11.7. The Balaban J connectivity index is 1.35. The molecular weight excluding hydrogens is 448 g/mol. The largest absolute Gasteiger partial charge is 0.497 e. The summed E-state index contributed by atoms with van der Waals surface area (Å²) in [6, 6.07) is 15.9. The van der Waals surface area contributed by atoms with Gasteiger partial charge in [-0.05, 0) is 48.4 Å². The monoisotopic (exact) mass is 474 g/mol. The van der Waals surface area contributed by atoms with Crippen molar-refractivity contribution >= 4 is 23.1 Å². The SMILES string of the molecule is COc1cc(OC)cc(C(O)CNC(=O)C(=O)Nc2ccc(-c3cn4cccc(C)c4n3)cc2)c1. The fourth-order valence-corrected chi connectivity index (χ4v) is 3.61. The van der Waals surface area contributed by atoms with Gasteiger partial charge in [0.2, 0.25) is 0 Å². The average Bonchev–Trinajstić information content (AvgIpc) is 3.33. The fraction of sp³-hybridized carbons (Fsp3) is 0.192. The number of hydrogen-bond donors (Lipinski definition) is 3. The Morgan fingerprint density at radius 3 is 2.34 bits per heavy atom. The van der Waals surface area contributed by atoms with Crippen LogP contribution in [0.25, 0.3) is 16.9 Å². The number of aliphatic hydroxyl groups is 1. The summed E-state index contributed by atoms with van der Waals surface area (Å²) >= 11 is 0. The maximum Gasteiger partial charge on any atom is 0.313 e. The van der Waals surface area contributed by atoms with Crippen molar-refractivity contribution in [2.45, 2.75) is 13.0 Å². The molecule has 0 aliphatic heterocycles. The topological polar surface area (TPSA) is 114 Å². The van der Waals surface area contributed by atoms with E-state index < -0.39 is 17.9 Å². The minimum atomic E-state index is -1.05. The lowest BCUT2D eigenvalue weighted by molar-refractivity contribution is -0.136. The number of amides is 2. The lowest BCUT2D eigenvalue weighted by Gasteiger charge is -2.14. The summed E-state index contributed by atoms with van der Waals surface area (Å²) in [5.74, 6) is -0.690. The van der Waals surface area contributed by atoms with Crippen LogP contribution in [-0.4, -0.2) is 47.1 Å². The summed E-state index contributed by atoms with van der Waals surface area (Å²) in [4.78, 5) is 29.2. The quantitative estimate of drug-likeness (QED) is 0.355. The second-order valence-electron chi connectivity index (χ2n) is 7.95. The first-order valence-electron chi connectivity index (χ1n) is 10.9. The Kier molecular flexibility index (Phi) is 6.98. The van der Waals surface area contributed by atoms with Crippen molar-refractivity contribution in [3.8, 4) is 22.8 Å². The number of rotatable bonds is 7. The first-order chi connectivity index (χ1) is 16.9. The maximum atomic E-state index is 12.3. The molecule has 0 saturated heterocycles. The summed E-state index contributed by atoms with van der Waals surface area (Å²) in [6.07, 6.45) is 2.82. The summed E-state index contributed by atoms with van der Waals surface area (Å²) in [5, 5.41) is 15.4. The van der Waals surface area contributed by atoms with Gasteiger partial charge in [-0.25, -0.2) is 4.98 Å². The number of imidazole rings is 1. The summed E-state index contributed by atoms with van der Waals surface area (Å²) < 4.78 is 12.3. The number of aliphatic hydroxyl groups excluding tert-OH is 1. The van der Waals surface area contributed by atoms with Gasteiger partial charge in [0, 0.05) is 36.3 Å². The van der Waals surface area contributed by atoms with Gasteiger partial charge >= 0.3 is 11.8 Å². The van der Waals surface area contributed by atoms with Crippen LogP contribution in [0.5, 0.6) is 11.5 Å². The molecule has 1 atom stereocenters. The highest BCUT2D eigenvalue weighted by Gasteiger charge is 2.17. The molecule has 2 amide bonds. The molecule has 9 nitrogen and oxygen atoms in total. The minimum Gasteiger partial charge on any atom is -0.497 e. The molecule has 0 bridgehead atoms. The Labute approximate surface area is 202 Å². The molecule has 4 rings (SSSR count). The van der Waals surface area contributed by atoms with Crippen LogP contribution in [-0.2, 0) is 9.59 Å². The third kappa shape index (κ3) is 5.42. The number of nitrogens with zero attached hydrogens (tertiary/aromatic N) is 2. The van der Waals surface area contributed by atoms with Crippen molar-refractivity contribution in [1.29, 1.82) is 0 Å². The minimum absolute atomic E-state index is 0.158. The highest BCUT2D eigenvalue weighted by atomic mass is 16.5. The third-order valence-corrected chi connectivity index (χ3v) is 5.54. The van der Waals surface area contributed by atoms with Crippen molar-refractivity contribution < 1.29 is 24.2 Å². The Morgan fingerprint density at radius 1 is 1.03 bits per heavy atom. The second-order valence-corrected chi connectivity index (χ2v) is 7.95. The first-order valence-corrected chi connectivity index (χ1v) is 10.9. The molecule has 35 heavy (non-hydrogen) atoms. The lowest BCUT2D eigenvalue weighted by atomic mass is 10.1. The number of nitrogens with one attached hydrogen (secondary N) is 2. The molecule has 9 heteroatoms. The highest BCUT2D eigenvalue weighted by molar-refractivity contribution is 6.39. The number of pyridine rings is 1. The molecule has 0 aliphatic rings. The molecule has 2 aromatic carbocycles. The molecule has 1 unspecified atom stereocenters. The molecule has 2 heterocycles. The van der Waals surface area contributed by atoms with Gasteiger partial charge < -0.3 is 29.6 Å². The van der Waals surface area contributed by atoms with Gasteiger partial charge in [0.15, 0.2) is 0 Å². The summed E-state index contributed by atoms with van der Waals surface area (Å²) in [6.45, 7) is 1.84. The molecule has 3 N–H and O–H groups in total. The number of fused-ring (bicyclic) bond motifs is 1. The molecule has 0 fully saturated rings.